The fraction of sp³-hybridized carbons (Fsp3) is 0.467. The van der Waals surface area contributed by atoms with Gasteiger partial charge in [0.2, 0.25) is 11.8 Å². The zero-order valence-corrected chi connectivity index (χ0v) is 11.6. The molecule has 0 spiro atoms. The molecule has 0 fully saturated rings. The summed E-state index contributed by atoms with van der Waals surface area (Å²) in [6, 6.07) is 7.40. The summed E-state index contributed by atoms with van der Waals surface area (Å²) in [5.41, 5.74) is 1.57. The number of fused-ring (bicyclic) bond motifs is 1. The van der Waals surface area contributed by atoms with Gasteiger partial charge in [-0.15, -0.1) is 0 Å². The van der Waals surface area contributed by atoms with Crippen LogP contribution in [0, 0.1) is 5.92 Å². The van der Waals surface area contributed by atoms with Gasteiger partial charge in [-0.1, -0.05) is 26.0 Å². The van der Waals surface area contributed by atoms with E-state index in [2.05, 4.69) is 10.3 Å². The molecule has 0 saturated heterocycles. The van der Waals surface area contributed by atoms with Crippen LogP contribution in [0.25, 0.3) is 11.1 Å². The first-order chi connectivity index (χ1) is 9.15. The molecular formula is C15H20N2O2. The van der Waals surface area contributed by atoms with E-state index in [0.29, 0.717) is 5.89 Å². The highest BCUT2D eigenvalue weighted by Gasteiger charge is 2.20. The van der Waals surface area contributed by atoms with Crippen molar-refractivity contribution in [1.29, 1.82) is 0 Å². The summed E-state index contributed by atoms with van der Waals surface area (Å²) >= 11 is 0. The Morgan fingerprint density at radius 3 is 2.63 bits per heavy atom. The SMILES string of the molecule is CCC(CC)C(=O)NC(C)c1nc2ccccc2o1. The lowest BCUT2D eigenvalue weighted by molar-refractivity contribution is -0.126. The maximum absolute atomic E-state index is 12.0. The van der Waals surface area contributed by atoms with Crippen molar-refractivity contribution in [3.8, 4) is 0 Å². The van der Waals surface area contributed by atoms with Crippen LogP contribution in [0.5, 0.6) is 0 Å². The van der Waals surface area contributed by atoms with E-state index in [4.69, 9.17) is 4.42 Å². The minimum absolute atomic E-state index is 0.0619. The third-order valence-electron chi connectivity index (χ3n) is 3.40. The minimum atomic E-state index is -0.208. The molecule has 1 unspecified atom stereocenters. The minimum Gasteiger partial charge on any atom is -0.438 e. The summed E-state index contributed by atoms with van der Waals surface area (Å²) in [7, 11) is 0. The number of oxazole rings is 1. The zero-order chi connectivity index (χ0) is 13.8. The Kier molecular flexibility index (Phi) is 4.20. The van der Waals surface area contributed by atoms with Gasteiger partial charge in [-0.05, 0) is 31.9 Å². The second kappa shape index (κ2) is 5.87. The van der Waals surface area contributed by atoms with Gasteiger partial charge in [0.15, 0.2) is 5.58 Å². The van der Waals surface area contributed by atoms with Gasteiger partial charge in [-0.2, -0.15) is 0 Å². The largest absolute Gasteiger partial charge is 0.438 e. The van der Waals surface area contributed by atoms with Gasteiger partial charge in [0.1, 0.15) is 11.6 Å². The predicted octanol–water partition coefficient (Wildman–Crippen LogP) is 3.44. The molecule has 0 bridgehead atoms. The van der Waals surface area contributed by atoms with Gasteiger partial charge < -0.3 is 9.73 Å². The maximum Gasteiger partial charge on any atom is 0.223 e. The van der Waals surface area contributed by atoms with Gasteiger partial charge in [0.25, 0.3) is 0 Å². The van der Waals surface area contributed by atoms with E-state index in [1.165, 1.54) is 0 Å². The summed E-state index contributed by atoms with van der Waals surface area (Å²) in [5, 5.41) is 2.96. The Bertz CT molecular complexity index is 525. The number of benzene rings is 1. The first-order valence-electron chi connectivity index (χ1n) is 6.81. The van der Waals surface area contributed by atoms with Crippen LogP contribution < -0.4 is 5.32 Å². The van der Waals surface area contributed by atoms with E-state index < -0.39 is 0 Å². The van der Waals surface area contributed by atoms with Gasteiger partial charge in [0, 0.05) is 5.92 Å². The molecular weight excluding hydrogens is 240 g/mol. The van der Waals surface area contributed by atoms with E-state index >= 15 is 0 Å². The van der Waals surface area contributed by atoms with Crippen molar-refractivity contribution in [3.05, 3.63) is 30.2 Å². The summed E-state index contributed by atoms with van der Waals surface area (Å²) in [6.45, 7) is 5.95. The lowest BCUT2D eigenvalue weighted by Gasteiger charge is -2.15. The van der Waals surface area contributed by atoms with Crippen LogP contribution in [0.4, 0.5) is 0 Å². The lowest BCUT2D eigenvalue weighted by atomic mass is 10.0. The third kappa shape index (κ3) is 2.95. The first kappa shape index (κ1) is 13.6. The highest BCUT2D eigenvalue weighted by atomic mass is 16.3. The Labute approximate surface area is 113 Å². The van der Waals surface area contributed by atoms with Crippen LogP contribution in [-0.4, -0.2) is 10.9 Å². The fourth-order valence-electron chi connectivity index (χ4n) is 2.13. The second-order valence-electron chi connectivity index (χ2n) is 4.76. The molecule has 1 aromatic carbocycles. The lowest BCUT2D eigenvalue weighted by Crippen LogP contribution is -2.32. The van der Waals surface area contributed by atoms with Crippen LogP contribution in [0.2, 0.25) is 0 Å². The monoisotopic (exact) mass is 260 g/mol. The number of amides is 1. The molecule has 0 aliphatic carbocycles. The molecule has 102 valence electrons. The van der Waals surface area contributed by atoms with Crippen molar-refractivity contribution in [2.75, 3.05) is 0 Å². The Hall–Kier alpha value is -1.84. The van der Waals surface area contributed by atoms with Crippen molar-refractivity contribution in [3.63, 3.8) is 0 Å². The molecule has 19 heavy (non-hydrogen) atoms. The Balaban J connectivity index is 2.11. The number of nitrogens with one attached hydrogen (secondary N) is 1. The average Bonchev–Trinajstić information content (AvgIpc) is 2.84. The van der Waals surface area contributed by atoms with Gasteiger partial charge in [0.05, 0.1) is 0 Å². The Morgan fingerprint density at radius 2 is 2.00 bits per heavy atom. The van der Waals surface area contributed by atoms with E-state index in [1.807, 2.05) is 45.0 Å². The van der Waals surface area contributed by atoms with Crippen LogP contribution in [-0.2, 0) is 4.79 Å². The number of hydrogen-bond donors (Lipinski definition) is 1. The highest BCUT2D eigenvalue weighted by molar-refractivity contribution is 5.79. The molecule has 0 radical (unpaired) electrons. The molecule has 1 aromatic heterocycles. The molecule has 2 rings (SSSR count). The number of carbonyl (C=O) groups excluding carboxylic acids is 1. The Morgan fingerprint density at radius 1 is 1.32 bits per heavy atom. The summed E-state index contributed by atoms with van der Waals surface area (Å²) in [6.07, 6.45) is 1.70. The smallest absolute Gasteiger partial charge is 0.223 e. The summed E-state index contributed by atoms with van der Waals surface area (Å²) in [5.74, 6) is 0.687. The summed E-state index contributed by atoms with van der Waals surface area (Å²) < 4.78 is 5.65. The molecule has 1 amide bonds. The number of carbonyl (C=O) groups is 1. The van der Waals surface area contributed by atoms with Crippen molar-refractivity contribution in [2.45, 2.75) is 39.7 Å². The number of hydrogen-bond acceptors (Lipinski definition) is 3. The molecule has 1 N–H and O–H groups in total. The number of rotatable bonds is 5. The fourth-order valence-corrected chi connectivity index (χ4v) is 2.13. The van der Waals surface area contributed by atoms with E-state index in [0.717, 1.165) is 23.9 Å². The molecule has 4 heteroatoms. The topological polar surface area (TPSA) is 55.1 Å². The van der Waals surface area contributed by atoms with Gasteiger partial charge >= 0.3 is 0 Å². The second-order valence-corrected chi connectivity index (χ2v) is 4.76. The van der Waals surface area contributed by atoms with E-state index in [-0.39, 0.29) is 17.9 Å². The van der Waals surface area contributed by atoms with Crippen molar-refractivity contribution in [2.24, 2.45) is 5.92 Å². The number of nitrogens with zero attached hydrogens (tertiary/aromatic N) is 1. The maximum atomic E-state index is 12.0. The van der Waals surface area contributed by atoms with E-state index in [9.17, 15) is 4.79 Å². The highest BCUT2D eigenvalue weighted by Crippen LogP contribution is 2.20. The quantitative estimate of drug-likeness (QED) is 0.896. The van der Waals surface area contributed by atoms with Crippen LogP contribution in [0.15, 0.2) is 28.7 Å². The van der Waals surface area contributed by atoms with Crippen LogP contribution in [0.3, 0.4) is 0 Å². The van der Waals surface area contributed by atoms with Gasteiger partial charge in [-0.3, -0.25) is 4.79 Å². The average molecular weight is 260 g/mol. The number of para-hydroxylation sites is 2. The van der Waals surface area contributed by atoms with Crippen LogP contribution in [0.1, 0.15) is 45.5 Å². The van der Waals surface area contributed by atoms with E-state index in [1.54, 1.807) is 0 Å². The molecule has 0 aliphatic heterocycles. The van der Waals surface area contributed by atoms with Crippen molar-refractivity contribution < 1.29 is 9.21 Å². The number of aromatic nitrogens is 1. The molecule has 1 heterocycles. The predicted molar refractivity (Wildman–Crippen MR) is 74.6 cm³/mol. The first-order valence-corrected chi connectivity index (χ1v) is 6.81. The molecule has 4 nitrogen and oxygen atoms in total. The van der Waals surface area contributed by atoms with Crippen LogP contribution >= 0.6 is 0 Å². The molecule has 1 atom stereocenters. The van der Waals surface area contributed by atoms with Crippen molar-refractivity contribution >= 4 is 17.0 Å². The molecule has 0 aliphatic rings. The standard InChI is InChI=1S/C15H20N2O2/c1-4-11(5-2)14(18)16-10(3)15-17-12-8-6-7-9-13(12)19-15/h6-11H,4-5H2,1-3H3,(H,16,18). The molecule has 2 aromatic rings. The zero-order valence-electron chi connectivity index (χ0n) is 11.6. The third-order valence-corrected chi connectivity index (χ3v) is 3.40. The summed E-state index contributed by atoms with van der Waals surface area (Å²) in [4.78, 5) is 16.4. The van der Waals surface area contributed by atoms with Crippen molar-refractivity contribution in [1.82, 2.24) is 10.3 Å². The molecule has 0 saturated carbocycles. The normalized spacial score (nSPS) is 12.8. The van der Waals surface area contributed by atoms with Gasteiger partial charge in [-0.25, -0.2) is 4.98 Å².